The van der Waals surface area contributed by atoms with Gasteiger partial charge in [-0.25, -0.2) is 4.39 Å². The van der Waals surface area contributed by atoms with Crippen LogP contribution in [-0.4, -0.2) is 0 Å². The summed E-state index contributed by atoms with van der Waals surface area (Å²) in [5.74, 6) is 0.432. The fraction of sp³-hybridized carbons (Fsp3) is 0.500. The molecule has 2 rings (SSSR count). The number of halogens is 1. The van der Waals surface area contributed by atoms with Crippen molar-refractivity contribution in [3.8, 4) is 0 Å². The van der Waals surface area contributed by atoms with Crippen LogP contribution in [0.3, 0.4) is 0 Å². The molecule has 1 aromatic rings. The zero-order chi connectivity index (χ0) is 12.3. The first-order valence-corrected chi connectivity index (χ1v) is 6.62. The molecule has 0 N–H and O–H groups in total. The van der Waals surface area contributed by atoms with Crippen molar-refractivity contribution < 1.29 is 4.39 Å². The highest BCUT2D eigenvalue weighted by atomic mass is 19.1. The lowest BCUT2D eigenvalue weighted by Gasteiger charge is -2.26. The van der Waals surface area contributed by atoms with Crippen LogP contribution < -0.4 is 0 Å². The summed E-state index contributed by atoms with van der Waals surface area (Å²) in [5, 5.41) is 0. The first-order valence-electron chi connectivity index (χ1n) is 6.62. The summed E-state index contributed by atoms with van der Waals surface area (Å²) in [5.41, 5.74) is 3.26. The largest absolute Gasteiger partial charge is 0.212 e. The highest BCUT2D eigenvalue weighted by Crippen LogP contribution is 2.38. The van der Waals surface area contributed by atoms with Crippen molar-refractivity contribution in [3.63, 3.8) is 0 Å². The normalized spacial score (nSPS) is 19.0. The molecule has 0 aromatic heterocycles. The minimum absolute atomic E-state index is 0.00574. The third-order valence-corrected chi connectivity index (χ3v) is 3.82. The monoisotopic (exact) mass is 232 g/mol. The van der Waals surface area contributed by atoms with Gasteiger partial charge in [0.05, 0.1) is 0 Å². The minimum atomic E-state index is 0.00574. The molecule has 1 heteroatoms. The second-order valence-electron chi connectivity index (χ2n) is 5.10. The average molecular weight is 232 g/mol. The predicted octanol–water partition coefficient (Wildman–Crippen LogP) is 5.28. The summed E-state index contributed by atoms with van der Waals surface area (Å²) in [6.45, 7) is 3.68. The maximum Gasteiger partial charge on any atom is 0.101 e. The van der Waals surface area contributed by atoms with Crippen LogP contribution in [0.2, 0.25) is 0 Å². The van der Waals surface area contributed by atoms with Crippen molar-refractivity contribution in [1.82, 2.24) is 0 Å². The van der Waals surface area contributed by atoms with Gasteiger partial charge in [0.15, 0.2) is 0 Å². The lowest BCUT2D eigenvalue weighted by Crippen LogP contribution is -2.10. The van der Waals surface area contributed by atoms with Gasteiger partial charge in [0, 0.05) is 0 Å². The molecule has 0 bridgehead atoms. The summed E-state index contributed by atoms with van der Waals surface area (Å²) >= 11 is 0. The molecule has 17 heavy (non-hydrogen) atoms. The van der Waals surface area contributed by atoms with Crippen molar-refractivity contribution in [1.29, 1.82) is 0 Å². The Morgan fingerprint density at radius 3 is 2.35 bits per heavy atom. The highest BCUT2D eigenvalue weighted by Gasteiger charge is 2.22. The summed E-state index contributed by atoms with van der Waals surface area (Å²) in [4.78, 5) is 0. The molecule has 0 atom stereocenters. The van der Waals surface area contributed by atoms with Gasteiger partial charge in [-0.2, -0.15) is 0 Å². The number of aryl methyl sites for hydroxylation is 1. The van der Waals surface area contributed by atoms with Crippen LogP contribution in [0.15, 0.2) is 30.1 Å². The van der Waals surface area contributed by atoms with Crippen molar-refractivity contribution in [2.24, 2.45) is 5.92 Å². The van der Waals surface area contributed by atoms with Gasteiger partial charge in [-0.1, -0.05) is 43.5 Å². The molecule has 1 saturated carbocycles. The summed E-state index contributed by atoms with van der Waals surface area (Å²) in [6, 6.07) is 8.16. The van der Waals surface area contributed by atoms with Crippen molar-refractivity contribution in [3.05, 3.63) is 41.2 Å². The Hall–Kier alpha value is -1.11. The Balaban J connectivity index is 2.36. The predicted molar refractivity (Wildman–Crippen MR) is 71.5 cm³/mol. The van der Waals surface area contributed by atoms with E-state index in [1.807, 2.05) is 12.1 Å². The molecule has 0 saturated heterocycles. The quantitative estimate of drug-likeness (QED) is 0.651. The van der Waals surface area contributed by atoms with E-state index < -0.39 is 0 Å². The van der Waals surface area contributed by atoms with E-state index in [0.717, 1.165) is 24.0 Å². The SMILES string of the molecule is C/C(F)=C(\c1ccccc1C)C1CCCCC1. The fourth-order valence-electron chi connectivity index (χ4n) is 2.95. The molecule has 1 aliphatic rings. The van der Waals surface area contributed by atoms with E-state index in [9.17, 15) is 4.39 Å². The number of rotatable bonds is 2. The third-order valence-electron chi connectivity index (χ3n) is 3.82. The number of allylic oxidation sites excluding steroid dienone is 2. The molecular formula is C16H21F. The molecule has 0 heterocycles. The summed E-state index contributed by atoms with van der Waals surface area (Å²) < 4.78 is 13.9. The van der Waals surface area contributed by atoms with Gasteiger partial charge >= 0.3 is 0 Å². The number of hydrogen-bond donors (Lipinski definition) is 0. The van der Waals surface area contributed by atoms with Crippen LogP contribution in [-0.2, 0) is 0 Å². The van der Waals surface area contributed by atoms with Crippen LogP contribution in [0.5, 0.6) is 0 Å². The summed E-state index contributed by atoms with van der Waals surface area (Å²) in [7, 11) is 0. The van der Waals surface area contributed by atoms with E-state index in [1.54, 1.807) is 6.92 Å². The van der Waals surface area contributed by atoms with Crippen molar-refractivity contribution in [2.75, 3.05) is 0 Å². The van der Waals surface area contributed by atoms with Crippen molar-refractivity contribution >= 4 is 5.57 Å². The molecule has 92 valence electrons. The molecule has 0 unspecified atom stereocenters. The zero-order valence-electron chi connectivity index (χ0n) is 10.8. The van der Waals surface area contributed by atoms with E-state index in [4.69, 9.17) is 0 Å². The maximum atomic E-state index is 13.9. The van der Waals surface area contributed by atoms with Gasteiger partial charge in [-0.05, 0) is 49.3 Å². The molecule has 1 aliphatic carbocycles. The van der Waals surface area contributed by atoms with Gasteiger partial charge in [-0.15, -0.1) is 0 Å². The van der Waals surface area contributed by atoms with Crippen molar-refractivity contribution in [2.45, 2.75) is 46.0 Å². The van der Waals surface area contributed by atoms with Gasteiger partial charge in [-0.3, -0.25) is 0 Å². The number of hydrogen-bond acceptors (Lipinski definition) is 0. The second kappa shape index (κ2) is 5.48. The lowest BCUT2D eigenvalue weighted by atomic mass is 9.79. The van der Waals surface area contributed by atoms with E-state index in [2.05, 4.69) is 19.1 Å². The van der Waals surface area contributed by atoms with Crippen LogP contribution in [0.1, 0.15) is 50.2 Å². The zero-order valence-corrected chi connectivity index (χ0v) is 10.8. The first-order chi connectivity index (χ1) is 8.20. The van der Waals surface area contributed by atoms with Gasteiger partial charge in [0.2, 0.25) is 0 Å². The standard InChI is InChI=1S/C16H21F/c1-12-8-6-7-11-15(12)16(13(2)17)14-9-4-3-5-10-14/h6-8,11,14H,3-5,9-10H2,1-2H3/b16-13+. The lowest BCUT2D eigenvalue weighted by molar-refractivity contribution is 0.423. The average Bonchev–Trinajstić information content (AvgIpc) is 2.33. The van der Waals surface area contributed by atoms with Gasteiger partial charge < -0.3 is 0 Å². The molecule has 1 aromatic carbocycles. The minimum Gasteiger partial charge on any atom is -0.212 e. The second-order valence-corrected chi connectivity index (χ2v) is 5.10. The van der Waals surface area contributed by atoms with E-state index in [1.165, 1.54) is 24.8 Å². The maximum absolute atomic E-state index is 13.9. The smallest absolute Gasteiger partial charge is 0.101 e. The third kappa shape index (κ3) is 2.77. The Bertz CT molecular complexity index is 407. The first kappa shape index (κ1) is 12.3. The van der Waals surface area contributed by atoms with Gasteiger partial charge in [0.1, 0.15) is 5.83 Å². The van der Waals surface area contributed by atoms with E-state index >= 15 is 0 Å². The van der Waals surface area contributed by atoms with Crippen LogP contribution in [0.25, 0.3) is 5.57 Å². The Labute approximate surface area is 104 Å². The topological polar surface area (TPSA) is 0 Å². The molecule has 0 radical (unpaired) electrons. The van der Waals surface area contributed by atoms with Gasteiger partial charge in [0.25, 0.3) is 0 Å². The molecule has 1 fully saturated rings. The van der Waals surface area contributed by atoms with Crippen LogP contribution in [0.4, 0.5) is 4.39 Å². The molecule has 0 spiro atoms. The molecule has 0 aliphatic heterocycles. The Kier molecular flexibility index (Phi) is 3.98. The molecular weight excluding hydrogens is 211 g/mol. The van der Waals surface area contributed by atoms with Crippen LogP contribution >= 0.6 is 0 Å². The number of benzene rings is 1. The molecule has 0 nitrogen and oxygen atoms in total. The molecule has 0 amide bonds. The van der Waals surface area contributed by atoms with E-state index in [-0.39, 0.29) is 5.83 Å². The van der Waals surface area contributed by atoms with Crippen LogP contribution in [0, 0.1) is 12.8 Å². The Morgan fingerprint density at radius 1 is 1.12 bits per heavy atom. The Morgan fingerprint density at radius 2 is 1.76 bits per heavy atom. The fourth-order valence-corrected chi connectivity index (χ4v) is 2.95. The van der Waals surface area contributed by atoms with E-state index in [0.29, 0.717) is 5.92 Å². The highest BCUT2D eigenvalue weighted by molar-refractivity contribution is 5.71. The summed E-state index contributed by atoms with van der Waals surface area (Å²) in [6.07, 6.45) is 6.08.